The third kappa shape index (κ3) is 4.19. The van der Waals surface area contributed by atoms with Gasteiger partial charge in [0.05, 0.1) is 17.3 Å². The molecular weight excluding hydrogens is 611 g/mol. The van der Waals surface area contributed by atoms with Crippen molar-refractivity contribution in [2.45, 2.75) is 18.2 Å². The second-order valence-electron chi connectivity index (χ2n) is 11.2. The van der Waals surface area contributed by atoms with Gasteiger partial charge in [0.25, 0.3) is 0 Å². The zero-order valence-corrected chi connectivity index (χ0v) is 27.8. The molecule has 1 aliphatic heterocycles. The Morgan fingerprint density at radius 1 is 0.844 bits per heavy atom. The van der Waals surface area contributed by atoms with Gasteiger partial charge in [-0.05, 0) is 67.7 Å². The molecule has 7 nitrogen and oxygen atoms in total. The summed E-state index contributed by atoms with van der Waals surface area (Å²) in [5.41, 5.74) is 8.21. The molecule has 2 aliphatic rings. The molecule has 0 amide bonds. The van der Waals surface area contributed by atoms with E-state index in [0.717, 1.165) is 58.6 Å². The Balaban J connectivity index is 1.55. The number of para-hydroxylation sites is 2. The van der Waals surface area contributed by atoms with Crippen LogP contribution in [0.1, 0.15) is 22.8 Å². The minimum Gasteiger partial charge on any atom is -0.309 e. The molecule has 8 rings (SSSR count). The highest BCUT2D eigenvalue weighted by Crippen LogP contribution is 2.54. The zero-order chi connectivity index (χ0) is 30.9. The molecule has 0 fully saturated rings. The normalized spacial score (nSPS) is 19.2. The summed E-state index contributed by atoms with van der Waals surface area (Å²) in [5.74, 6) is 1.61. The number of aryl methyl sites for hydroxylation is 1. The van der Waals surface area contributed by atoms with Crippen molar-refractivity contribution in [3.8, 4) is 16.8 Å². The van der Waals surface area contributed by atoms with Crippen LogP contribution < -0.4 is 10.9 Å². The SMILES string of the molecule is C=Pc1nc(C)nc(C2(C3=NC(P)N=C([P+](=C)C)N3)c3ccccc3-c3cc4c5ccccc5n(-c5ccccc5)c4cc32)n1. The number of aliphatic imine (C=N–C) groups is 2. The van der Waals surface area contributed by atoms with Crippen LogP contribution in [0.4, 0.5) is 0 Å². The van der Waals surface area contributed by atoms with Gasteiger partial charge in [0, 0.05) is 16.5 Å². The van der Waals surface area contributed by atoms with Crippen LogP contribution in [0.15, 0.2) is 101 Å². The topological polar surface area (TPSA) is 80.4 Å². The van der Waals surface area contributed by atoms with E-state index in [9.17, 15) is 0 Å². The lowest BCUT2D eigenvalue weighted by Crippen LogP contribution is -2.50. The molecule has 0 bridgehead atoms. The van der Waals surface area contributed by atoms with Crippen LogP contribution >= 0.6 is 25.0 Å². The van der Waals surface area contributed by atoms with E-state index in [1.807, 2.05) is 6.92 Å². The summed E-state index contributed by atoms with van der Waals surface area (Å²) in [6.45, 7) is 4.01. The van der Waals surface area contributed by atoms with Crippen LogP contribution in [0.25, 0.3) is 38.6 Å². The molecule has 45 heavy (non-hydrogen) atoms. The minimum atomic E-state index is -0.966. The number of amidine groups is 2. The summed E-state index contributed by atoms with van der Waals surface area (Å²) < 4.78 is 2.35. The van der Waals surface area contributed by atoms with Gasteiger partial charge in [0.15, 0.2) is 24.8 Å². The molecule has 0 radical (unpaired) electrons. The first-order chi connectivity index (χ1) is 21.9. The lowest BCUT2D eigenvalue weighted by Gasteiger charge is -2.34. The quantitative estimate of drug-likeness (QED) is 0.214. The molecular formula is C35H29N7P3+. The van der Waals surface area contributed by atoms with Crippen molar-refractivity contribution < 1.29 is 0 Å². The molecule has 4 unspecified atom stereocenters. The largest absolute Gasteiger partial charge is 0.310 e. The van der Waals surface area contributed by atoms with E-state index in [2.05, 4.69) is 134 Å². The molecule has 218 valence electrons. The summed E-state index contributed by atoms with van der Waals surface area (Å²) in [6.07, 6.45) is 8.44. The number of nitrogens with one attached hydrogen (secondary N) is 1. The van der Waals surface area contributed by atoms with Crippen molar-refractivity contribution in [1.82, 2.24) is 24.8 Å². The van der Waals surface area contributed by atoms with Crippen LogP contribution in [0, 0.1) is 6.92 Å². The summed E-state index contributed by atoms with van der Waals surface area (Å²) in [4.78, 5) is 24.7. The molecule has 0 saturated heterocycles. The molecule has 4 aromatic carbocycles. The van der Waals surface area contributed by atoms with Crippen molar-refractivity contribution in [1.29, 1.82) is 0 Å². The zero-order valence-electron chi connectivity index (χ0n) is 24.8. The van der Waals surface area contributed by atoms with Gasteiger partial charge in [-0.1, -0.05) is 76.2 Å². The Bertz CT molecular complexity index is 2290. The van der Waals surface area contributed by atoms with Gasteiger partial charge in [-0.15, -0.1) is 0 Å². The van der Waals surface area contributed by atoms with Gasteiger partial charge in [-0.25, -0.2) is 19.9 Å². The molecule has 0 spiro atoms. The molecule has 0 saturated carbocycles. The van der Waals surface area contributed by atoms with E-state index in [1.165, 1.54) is 10.8 Å². The fourth-order valence-electron chi connectivity index (χ4n) is 6.74. The van der Waals surface area contributed by atoms with Crippen molar-refractivity contribution in [3.63, 3.8) is 0 Å². The van der Waals surface area contributed by atoms with Gasteiger partial charge in [0.2, 0.25) is 0 Å². The molecule has 2 aromatic heterocycles. The standard InChI is InChI=1S/C35H29N7P3/c1-20-36-30(39-33(37-20)44-2)35(31-38-32(43)41-34(40-31)45(3)4)26-16-10-8-14-22(26)24-18-25-23-15-9-11-17-28(23)42(29(25)19-27(24)35)21-12-6-5-7-13-21/h5-19,32H,2-3,43H2,1,4H3,(H,38,40,41)/q+1. The van der Waals surface area contributed by atoms with E-state index in [0.29, 0.717) is 17.2 Å². The Labute approximate surface area is 266 Å². The lowest BCUT2D eigenvalue weighted by molar-refractivity contribution is 0.720. The Morgan fingerprint density at radius 3 is 2.40 bits per heavy atom. The average Bonchev–Trinajstić information content (AvgIpc) is 3.53. The van der Waals surface area contributed by atoms with Crippen molar-refractivity contribution in [2.75, 3.05) is 6.66 Å². The fourth-order valence-corrected chi connectivity index (χ4v) is 8.16. The first kappa shape index (κ1) is 28.1. The summed E-state index contributed by atoms with van der Waals surface area (Å²) in [5, 5.41) is 6.03. The van der Waals surface area contributed by atoms with E-state index < -0.39 is 13.0 Å². The molecule has 4 atom stereocenters. The molecule has 1 aliphatic carbocycles. The van der Waals surface area contributed by atoms with E-state index in [4.69, 9.17) is 20.0 Å². The van der Waals surface area contributed by atoms with Crippen LogP contribution in [-0.2, 0) is 5.41 Å². The predicted octanol–water partition coefficient (Wildman–Crippen LogP) is 6.66. The van der Waals surface area contributed by atoms with Crippen LogP contribution in [-0.4, -0.2) is 56.1 Å². The number of aromatic nitrogens is 4. The number of fused-ring (bicyclic) bond motifs is 6. The van der Waals surface area contributed by atoms with Crippen LogP contribution in [0.3, 0.4) is 0 Å². The monoisotopic (exact) mass is 640 g/mol. The maximum Gasteiger partial charge on any atom is 0.310 e. The number of rotatable bonds is 5. The molecule has 10 heteroatoms. The summed E-state index contributed by atoms with van der Waals surface area (Å²) in [6, 6.07) is 32.3. The van der Waals surface area contributed by atoms with Gasteiger partial charge < -0.3 is 4.57 Å². The first-order valence-electron chi connectivity index (χ1n) is 14.6. The minimum absolute atomic E-state index is 0.371. The van der Waals surface area contributed by atoms with Gasteiger partial charge in [-0.3, -0.25) is 5.32 Å². The van der Waals surface area contributed by atoms with Gasteiger partial charge in [0.1, 0.15) is 23.7 Å². The van der Waals surface area contributed by atoms with Crippen molar-refractivity contribution in [3.05, 3.63) is 114 Å². The second kappa shape index (κ2) is 10.6. The number of hydrogen-bond donors (Lipinski definition) is 1. The molecule has 6 aromatic rings. The third-order valence-corrected chi connectivity index (χ3v) is 10.3. The highest BCUT2D eigenvalue weighted by Gasteiger charge is 2.53. The predicted molar refractivity (Wildman–Crippen MR) is 196 cm³/mol. The Hall–Kier alpha value is -4.40. The Morgan fingerprint density at radius 2 is 1.60 bits per heavy atom. The van der Waals surface area contributed by atoms with E-state index >= 15 is 0 Å². The highest BCUT2D eigenvalue weighted by molar-refractivity contribution is 7.72. The maximum atomic E-state index is 5.17. The second-order valence-corrected chi connectivity index (χ2v) is 14.4. The summed E-state index contributed by atoms with van der Waals surface area (Å²) in [7, 11) is 2.71. The highest BCUT2D eigenvalue weighted by atomic mass is 31.1. The van der Waals surface area contributed by atoms with Gasteiger partial charge in [-0.2, -0.15) is 4.99 Å². The molecule has 3 heterocycles. The van der Waals surface area contributed by atoms with E-state index in [1.54, 1.807) is 0 Å². The number of nitrogens with zero attached hydrogens (tertiary/aromatic N) is 6. The summed E-state index contributed by atoms with van der Waals surface area (Å²) >= 11 is 0. The first-order valence-corrected chi connectivity index (χ1v) is 18.3. The third-order valence-electron chi connectivity index (χ3n) is 8.53. The fraction of sp³-hybridized carbons (Fsp3) is 0.114. The van der Waals surface area contributed by atoms with Crippen LogP contribution in [0.2, 0.25) is 0 Å². The molecule has 1 N–H and O–H groups in total. The average molecular weight is 641 g/mol. The number of benzene rings is 4. The lowest BCUT2D eigenvalue weighted by atomic mass is 9.75. The van der Waals surface area contributed by atoms with Crippen molar-refractivity contribution >= 4 is 76.4 Å². The van der Waals surface area contributed by atoms with E-state index in [-0.39, 0.29) is 5.91 Å². The number of hydrogen-bond acceptors (Lipinski definition) is 6. The maximum absolute atomic E-state index is 5.17. The van der Waals surface area contributed by atoms with Crippen molar-refractivity contribution in [2.24, 2.45) is 9.98 Å². The smallest absolute Gasteiger partial charge is 0.309 e. The van der Waals surface area contributed by atoms with Crippen LogP contribution in [0.5, 0.6) is 0 Å². The Kier molecular flexibility index (Phi) is 6.62. The van der Waals surface area contributed by atoms with Gasteiger partial charge >= 0.3 is 5.58 Å².